The maximum absolute atomic E-state index is 8.90. The molecule has 0 aliphatic heterocycles. The number of aliphatic hydroxyl groups excluding tert-OH is 1. The van der Waals surface area contributed by atoms with Crippen molar-refractivity contribution in [3.8, 4) is 0 Å². The molecule has 0 aromatic carbocycles. The molecule has 14 heavy (non-hydrogen) atoms. The van der Waals surface area contributed by atoms with Crippen molar-refractivity contribution >= 4 is 0 Å². The fraction of sp³-hybridized carbons (Fsp3) is 1.00. The van der Waals surface area contributed by atoms with Crippen molar-refractivity contribution < 1.29 is 5.11 Å². The Kier molecular flexibility index (Phi) is 4.85. The third-order valence-corrected chi connectivity index (χ3v) is 3.39. The average molecular weight is 200 g/mol. The van der Waals surface area contributed by atoms with Crippen LogP contribution in [0.4, 0.5) is 0 Å². The molecule has 84 valence electrons. The molecule has 1 aliphatic carbocycles. The van der Waals surface area contributed by atoms with Crippen LogP contribution in [0, 0.1) is 5.92 Å². The number of nitrogens with two attached hydrogens (primary N) is 1. The first kappa shape index (κ1) is 12.0. The zero-order chi connectivity index (χ0) is 10.6. The largest absolute Gasteiger partial charge is 0.395 e. The fourth-order valence-corrected chi connectivity index (χ4v) is 2.51. The van der Waals surface area contributed by atoms with Crippen LogP contribution in [0.1, 0.15) is 32.6 Å². The predicted octanol–water partition coefficient (Wildman–Crippen LogP) is 0.817. The molecule has 3 atom stereocenters. The smallest absolute Gasteiger partial charge is 0.0595 e. The molecule has 3 N–H and O–H groups in total. The molecule has 0 spiro atoms. The number of likely N-dealkylation sites (N-methyl/N-ethyl adjacent to an activating group) is 1. The monoisotopic (exact) mass is 200 g/mol. The van der Waals surface area contributed by atoms with Gasteiger partial charge in [-0.3, -0.25) is 0 Å². The van der Waals surface area contributed by atoms with Crippen LogP contribution in [-0.4, -0.2) is 42.3 Å². The second-order valence-electron chi connectivity index (χ2n) is 4.71. The second-order valence-corrected chi connectivity index (χ2v) is 4.71. The Morgan fingerprint density at radius 1 is 1.43 bits per heavy atom. The van der Waals surface area contributed by atoms with Gasteiger partial charge in [0.05, 0.1) is 6.61 Å². The van der Waals surface area contributed by atoms with E-state index in [4.69, 9.17) is 10.8 Å². The number of aliphatic hydroxyl groups is 1. The molecule has 1 aliphatic rings. The van der Waals surface area contributed by atoms with E-state index in [1.54, 1.807) is 0 Å². The summed E-state index contributed by atoms with van der Waals surface area (Å²) in [5.41, 5.74) is 5.73. The molecule has 1 fully saturated rings. The van der Waals surface area contributed by atoms with Gasteiger partial charge in [0.1, 0.15) is 0 Å². The topological polar surface area (TPSA) is 49.5 Å². The van der Waals surface area contributed by atoms with Crippen molar-refractivity contribution in [3.63, 3.8) is 0 Å². The molecule has 3 unspecified atom stereocenters. The van der Waals surface area contributed by atoms with Crippen LogP contribution in [-0.2, 0) is 0 Å². The minimum Gasteiger partial charge on any atom is -0.395 e. The van der Waals surface area contributed by atoms with E-state index >= 15 is 0 Å². The summed E-state index contributed by atoms with van der Waals surface area (Å²) in [4.78, 5) is 2.32. The highest BCUT2D eigenvalue weighted by molar-refractivity contribution is 4.81. The van der Waals surface area contributed by atoms with Crippen LogP contribution < -0.4 is 5.73 Å². The Labute approximate surface area is 87.3 Å². The van der Waals surface area contributed by atoms with E-state index in [2.05, 4.69) is 18.9 Å². The van der Waals surface area contributed by atoms with Crippen molar-refractivity contribution in [1.82, 2.24) is 4.90 Å². The van der Waals surface area contributed by atoms with E-state index in [1.807, 2.05) is 0 Å². The summed E-state index contributed by atoms with van der Waals surface area (Å²) < 4.78 is 0. The normalized spacial score (nSPS) is 30.6. The highest BCUT2D eigenvalue weighted by Gasteiger charge is 2.25. The Hall–Kier alpha value is -0.120. The quantitative estimate of drug-likeness (QED) is 0.706. The van der Waals surface area contributed by atoms with E-state index < -0.39 is 0 Å². The molecule has 0 aromatic heterocycles. The van der Waals surface area contributed by atoms with E-state index in [1.165, 1.54) is 25.7 Å². The summed E-state index contributed by atoms with van der Waals surface area (Å²) in [6.45, 7) is 3.22. The fourth-order valence-electron chi connectivity index (χ4n) is 2.51. The summed E-state index contributed by atoms with van der Waals surface area (Å²) in [6, 6.07) is 0.579. The summed E-state index contributed by atoms with van der Waals surface area (Å²) in [6.07, 6.45) is 5.34. The van der Waals surface area contributed by atoms with Gasteiger partial charge in [-0.05, 0) is 25.8 Å². The van der Waals surface area contributed by atoms with E-state index in [0.29, 0.717) is 6.04 Å². The Balaban J connectivity index is 2.37. The minimum absolute atomic E-state index is 0.0887. The Morgan fingerprint density at radius 3 is 2.64 bits per heavy atom. The first-order chi connectivity index (χ1) is 6.65. The standard InChI is InChI=1S/C11H24N2O/c1-9-5-3-4-6-11(9)13(2)7-10(12)8-14/h9-11,14H,3-8,12H2,1-2H3. The van der Waals surface area contributed by atoms with Crippen LogP contribution in [0.25, 0.3) is 0 Å². The van der Waals surface area contributed by atoms with Crippen LogP contribution in [0.3, 0.4) is 0 Å². The first-order valence-corrected chi connectivity index (χ1v) is 5.71. The van der Waals surface area contributed by atoms with Gasteiger partial charge in [0.2, 0.25) is 0 Å². The zero-order valence-corrected chi connectivity index (χ0v) is 9.45. The SMILES string of the molecule is CC1CCCCC1N(C)CC(N)CO. The van der Waals surface area contributed by atoms with E-state index in [9.17, 15) is 0 Å². The number of rotatable bonds is 4. The van der Waals surface area contributed by atoms with Crippen molar-refractivity contribution in [2.45, 2.75) is 44.7 Å². The summed E-state index contributed by atoms with van der Waals surface area (Å²) >= 11 is 0. The number of nitrogens with zero attached hydrogens (tertiary/aromatic N) is 1. The van der Waals surface area contributed by atoms with Gasteiger partial charge in [0, 0.05) is 18.6 Å². The van der Waals surface area contributed by atoms with Crippen LogP contribution >= 0.6 is 0 Å². The predicted molar refractivity (Wildman–Crippen MR) is 59.1 cm³/mol. The van der Waals surface area contributed by atoms with Gasteiger partial charge in [-0.15, -0.1) is 0 Å². The lowest BCUT2D eigenvalue weighted by atomic mass is 9.85. The highest BCUT2D eigenvalue weighted by Crippen LogP contribution is 2.27. The van der Waals surface area contributed by atoms with Crippen LogP contribution in [0.15, 0.2) is 0 Å². The van der Waals surface area contributed by atoms with Gasteiger partial charge in [-0.25, -0.2) is 0 Å². The third-order valence-electron chi connectivity index (χ3n) is 3.39. The van der Waals surface area contributed by atoms with E-state index in [-0.39, 0.29) is 12.6 Å². The molecular weight excluding hydrogens is 176 g/mol. The maximum atomic E-state index is 8.90. The lowest BCUT2D eigenvalue weighted by Crippen LogP contribution is -2.46. The highest BCUT2D eigenvalue weighted by atomic mass is 16.3. The first-order valence-electron chi connectivity index (χ1n) is 5.71. The molecule has 0 bridgehead atoms. The van der Waals surface area contributed by atoms with Gasteiger partial charge < -0.3 is 15.7 Å². The van der Waals surface area contributed by atoms with Crippen molar-refractivity contribution in [2.24, 2.45) is 11.7 Å². The van der Waals surface area contributed by atoms with Gasteiger partial charge in [0.25, 0.3) is 0 Å². The minimum atomic E-state index is -0.0888. The number of hydrogen-bond acceptors (Lipinski definition) is 3. The lowest BCUT2D eigenvalue weighted by Gasteiger charge is -2.37. The molecule has 0 heterocycles. The van der Waals surface area contributed by atoms with Gasteiger partial charge >= 0.3 is 0 Å². The van der Waals surface area contributed by atoms with Crippen LogP contribution in [0.2, 0.25) is 0 Å². The molecule has 3 heteroatoms. The molecule has 0 saturated heterocycles. The number of hydrogen-bond donors (Lipinski definition) is 2. The molecular formula is C11H24N2O. The molecule has 3 nitrogen and oxygen atoms in total. The lowest BCUT2D eigenvalue weighted by molar-refractivity contribution is 0.120. The summed E-state index contributed by atoms with van der Waals surface area (Å²) in [5, 5.41) is 8.90. The second kappa shape index (κ2) is 5.69. The van der Waals surface area contributed by atoms with Crippen molar-refractivity contribution in [1.29, 1.82) is 0 Å². The van der Waals surface area contributed by atoms with Gasteiger partial charge in [-0.2, -0.15) is 0 Å². The van der Waals surface area contributed by atoms with Crippen molar-refractivity contribution in [2.75, 3.05) is 20.2 Å². The maximum Gasteiger partial charge on any atom is 0.0595 e. The molecule has 0 amide bonds. The third kappa shape index (κ3) is 3.23. The average Bonchev–Trinajstić information content (AvgIpc) is 2.18. The van der Waals surface area contributed by atoms with Crippen molar-refractivity contribution in [3.05, 3.63) is 0 Å². The molecule has 1 saturated carbocycles. The molecule has 0 aromatic rings. The molecule has 0 radical (unpaired) electrons. The summed E-state index contributed by atoms with van der Waals surface area (Å²) in [5.74, 6) is 0.777. The zero-order valence-electron chi connectivity index (χ0n) is 9.45. The van der Waals surface area contributed by atoms with Gasteiger partial charge in [0.15, 0.2) is 0 Å². The van der Waals surface area contributed by atoms with Crippen LogP contribution in [0.5, 0.6) is 0 Å². The van der Waals surface area contributed by atoms with Gasteiger partial charge in [-0.1, -0.05) is 19.8 Å². The Morgan fingerprint density at radius 2 is 2.07 bits per heavy atom. The Bertz CT molecular complexity index is 163. The molecule has 1 rings (SSSR count). The summed E-state index contributed by atoms with van der Waals surface area (Å²) in [7, 11) is 2.13. The van der Waals surface area contributed by atoms with E-state index in [0.717, 1.165) is 12.5 Å².